The molecule has 0 saturated carbocycles. The van der Waals surface area contributed by atoms with Crippen molar-refractivity contribution in [2.75, 3.05) is 12.4 Å². The number of benzene rings is 1. The van der Waals surface area contributed by atoms with Crippen molar-refractivity contribution in [3.8, 4) is 5.88 Å². The van der Waals surface area contributed by atoms with Gasteiger partial charge in [0.05, 0.1) is 29.6 Å². The maximum atomic E-state index is 13.2. The highest BCUT2D eigenvalue weighted by molar-refractivity contribution is 6.34. The van der Waals surface area contributed by atoms with Crippen molar-refractivity contribution in [2.24, 2.45) is 5.73 Å². The molecule has 23 heavy (non-hydrogen) atoms. The fraction of sp³-hybridized carbons (Fsp3) is 0.0714. The topological polar surface area (TPSA) is 94.3 Å². The van der Waals surface area contributed by atoms with Crippen LogP contribution in [-0.4, -0.2) is 23.9 Å². The number of hydrogen-bond acceptors (Lipinski definition) is 4. The van der Waals surface area contributed by atoms with E-state index in [4.69, 9.17) is 22.1 Å². The molecule has 0 atom stereocenters. The average molecular weight is 342 g/mol. The number of carbonyl (C=O) groups is 2. The molecule has 2 rings (SSSR count). The van der Waals surface area contributed by atoms with Crippen LogP contribution in [0.3, 0.4) is 0 Å². The Bertz CT molecular complexity index is 799. The quantitative estimate of drug-likeness (QED) is 0.835. The van der Waals surface area contributed by atoms with E-state index in [1.165, 1.54) is 19.4 Å². The third-order valence-electron chi connectivity index (χ3n) is 2.82. The van der Waals surface area contributed by atoms with Gasteiger partial charge in [-0.2, -0.15) is 0 Å². The highest BCUT2D eigenvalue weighted by Crippen LogP contribution is 2.23. The van der Waals surface area contributed by atoms with Crippen LogP contribution >= 0.6 is 11.6 Å². The second-order valence-corrected chi connectivity index (χ2v) is 4.75. The molecular weight excluding hydrogens is 332 g/mol. The van der Waals surface area contributed by atoms with E-state index in [0.29, 0.717) is 12.1 Å². The van der Waals surface area contributed by atoms with E-state index < -0.39 is 23.4 Å². The van der Waals surface area contributed by atoms with Crippen LogP contribution in [0.15, 0.2) is 24.4 Å². The van der Waals surface area contributed by atoms with Crippen molar-refractivity contribution in [1.29, 1.82) is 0 Å². The maximum absolute atomic E-state index is 13.2. The standard InChI is InChI=1S/C14H10ClF2N3O3/c1-23-14-8(12(18)21)2-6(5-19-14)20-13(22)7-3-10(16)11(17)4-9(7)15/h2-5H,1H3,(H2,18,21)(H,20,22). The molecular formula is C14H10ClF2N3O3. The average Bonchev–Trinajstić information content (AvgIpc) is 2.50. The lowest BCUT2D eigenvalue weighted by atomic mass is 10.2. The predicted octanol–water partition coefficient (Wildman–Crippen LogP) is 2.37. The van der Waals surface area contributed by atoms with Gasteiger partial charge in [0.1, 0.15) is 5.56 Å². The normalized spacial score (nSPS) is 10.3. The number of rotatable bonds is 4. The van der Waals surface area contributed by atoms with Crippen LogP contribution in [0.5, 0.6) is 5.88 Å². The number of aromatic nitrogens is 1. The van der Waals surface area contributed by atoms with E-state index >= 15 is 0 Å². The molecule has 9 heteroatoms. The zero-order chi connectivity index (χ0) is 17.1. The van der Waals surface area contributed by atoms with Crippen LogP contribution in [0.4, 0.5) is 14.5 Å². The van der Waals surface area contributed by atoms with Crippen LogP contribution < -0.4 is 15.8 Å². The van der Waals surface area contributed by atoms with Gasteiger partial charge >= 0.3 is 0 Å². The molecule has 0 aliphatic heterocycles. The molecule has 1 aromatic carbocycles. The van der Waals surface area contributed by atoms with Gasteiger partial charge in [-0.05, 0) is 18.2 Å². The Labute approximate surface area is 134 Å². The van der Waals surface area contributed by atoms with Gasteiger partial charge in [0.2, 0.25) is 5.88 Å². The van der Waals surface area contributed by atoms with Crippen molar-refractivity contribution in [1.82, 2.24) is 4.98 Å². The minimum Gasteiger partial charge on any atom is -0.480 e. The lowest BCUT2D eigenvalue weighted by molar-refractivity contribution is 0.0992. The number of ether oxygens (including phenoxy) is 1. The summed E-state index contributed by atoms with van der Waals surface area (Å²) in [5.74, 6) is -4.02. The summed E-state index contributed by atoms with van der Waals surface area (Å²) in [6.07, 6.45) is 1.21. The van der Waals surface area contributed by atoms with E-state index in [-0.39, 0.29) is 27.7 Å². The molecule has 0 saturated heterocycles. The summed E-state index contributed by atoms with van der Waals surface area (Å²) < 4.78 is 31.1. The first-order valence-electron chi connectivity index (χ1n) is 6.13. The van der Waals surface area contributed by atoms with Gasteiger partial charge < -0.3 is 15.8 Å². The van der Waals surface area contributed by atoms with Gasteiger partial charge in [-0.15, -0.1) is 0 Å². The summed E-state index contributed by atoms with van der Waals surface area (Å²) in [6, 6.07) is 2.59. The van der Waals surface area contributed by atoms with E-state index in [1.807, 2.05) is 0 Å². The number of primary amides is 1. The first-order valence-corrected chi connectivity index (χ1v) is 6.51. The Morgan fingerprint density at radius 2 is 1.87 bits per heavy atom. The van der Waals surface area contributed by atoms with E-state index in [1.54, 1.807) is 0 Å². The van der Waals surface area contributed by atoms with Crippen molar-refractivity contribution in [3.05, 3.63) is 52.2 Å². The summed E-state index contributed by atoms with van der Waals surface area (Å²) in [4.78, 5) is 27.2. The minimum atomic E-state index is -1.22. The summed E-state index contributed by atoms with van der Waals surface area (Å²) in [7, 11) is 1.30. The van der Waals surface area contributed by atoms with Crippen molar-refractivity contribution < 1.29 is 23.1 Å². The van der Waals surface area contributed by atoms with E-state index in [0.717, 1.165) is 0 Å². The maximum Gasteiger partial charge on any atom is 0.257 e. The van der Waals surface area contributed by atoms with Gasteiger partial charge in [-0.3, -0.25) is 9.59 Å². The van der Waals surface area contributed by atoms with Crippen LogP contribution in [0, 0.1) is 11.6 Å². The van der Waals surface area contributed by atoms with E-state index in [9.17, 15) is 18.4 Å². The number of anilines is 1. The molecule has 0 unspecified atom stereocenters. The lowest BCUT2D eigenvalue weighted by Gasteiger charge is -2.10. The van der Waals surface area contributed by atoms with Gasteiger partial charge in [0, 0.05) is 0 Å². The molecule has 120 valence electrons. The number of halogens is 3. The lowest BCUT2D eigenvalue weighted by Crippen LogP contribution is -2.16. The zero-order valence-electron chi connectivity index (χ0n) is 11.7. The number of nitrogens with two attached hydrogens (primary N) is 1. The SMILES string of the molecule is COc1ncc(NC(=O)c2cc(F)c(F)cc2Cl)cc1C(N)=O. The number of hydrogen-bond donors (Lipinski definition) is 2. The molecule has 0 spiro atoms. The molecule has 0 aliphatic carbocycles. The Morgan fingerprint density at radius 1 is 1.22 bits per heavy atom. The van der Waals surface area contributed by atoms with Crippen LogP contribution in [0.2, 0.25) is 5.02 Å². The van der Waals surface area contributed by atoms with Crippen LogP contribution in [-0.2, 0) is 0 Å². The highest BCUT2D eigenvalue weighted by atomic mass is 35.5. The second kappa shape index (κ2) is 6.57. The summed E-state index contributed by atoms with van der Waals surface area (Å²) in [6.45, 7) is 0. The Hall–Kier alpha value is -2.74. The molecule has 2 aromatic rings. The predicted molar refractivity (Wildman–Crippen MR) is 78.6 cm³/mol. The molecule has 2 amide bonds. The van der Waals surface area contributed by atoms with Gasteiger partial charge in [0.15, 0.2) is 11.6 Å². The van der Waals surface area contributed by atoms with Crippen molar-refractivity contribution in [2.45, 2.75) is 0 Å². The highest BCUT2D eigenvalue weighted by Gasteiger charge is 2.17. The number of carbonyl (C=O) groups excluding carboxylic acids is 2. The molecule has 0 fully saturated rings. The largest absolute Gasteiger partial charge is 0.480 e. The van der Waals surface area contributed by atoms with Crippen molar-refractivity contribution >= 4 is 29.1 Å². The number of nitrogens with zero attached hydrogens (tertiary/aromatic N) is 1. The molecule has 1 aromatic heterocycles. The molecule has 3 N–H and O–H groups in total. The third kappa shape index (κ3) is 3.54. The van der Waals surface area contributed by atoms with Gasteiger partial charge in [-0.1, -0.05) is 11.6 Å². The smallest absolute Gasteiger partial charge is 0.257 e. The zero-order valence-corrected chi connectivity index (χ0v) is 12.4. The Morgan fingerprint density at radius 3 is 2.48 bits per heavy atom. The minimum absolute atomic E-state index is 0.0126. The summed E-state index contributed by atoms with van der Waals surface area (Å²) >= 11 is 5.71. The fourth-order valence-corrected chi connectivity index (χ4v) is 1.99. The second-order valence-electron chi connectivity index (χ2n) is 4.35. The van der Waals surface area contributed by atoms with E-state index in [2.05, 4.69) is 10.3 Å². The fourth-order valence-electron chi connectivity index (χ4n) is 1.75. The molecule has 0 aliphatic rings. The van der Waals surface area contributed by atoms with Crippen LogP contribution in [0.1, 0.15) is 20.7 Å². The van der Waals surface area contributed by atoms with Gasteiger partial charge in [0.25, 0.3) is 11.8 Å². The van der Waals surface area contributed by atoms with Gasteiger partial charge in [-0.25, -0.2) is 13.8 Å². The number of amides is 2. The number of pyridine rings is 1. The monoisotopic (exact) mass is 341 g/mol. The summed E-state index contributed by atoms with van der Waals surface area (Å²) in [5.41, 5.74) is 4.95. The number of methoxy groups -OCH3 is 1. The molecule has 0 bridgehead atoms. The number of nitrogens with one attached hydrogen (secondary N) is 1. The summed E-state index contributed by atoms with van der Waals surface area (Å²) in [5, 5.41) is 2.09. The Balaban J connectivity index is 2.32. The first kappa shape index (κ1) is 16.6. The Kier molecular flexibility index (Phi) is 4.75. The molecule has 0 radical (unpaired) electrons. The van der Waals surface area contributed by atoms with Crippen molar-refractivity contribution in [3.63, 3.8) is 0 Å². The third-order valence-corrected chi connectivity index (χ3v) is 3.14. The first-order chi connectivity index (χ1) is 10.8. The van der Waals surface area contributed by atoms with Crippen LogP contribution in [0.25, 0.3) is 0 Å². The molecule has 1 heterocycles. The molecule has 6 nitrogen and oxygen atoms in total.